The molecule has 20 heavy (non-hydrogen) atoms. The fourth-order valence-electron chi connectivity index (χ4n) is 2.19. The van der Waals surface area contributed by atoms with Crippen LogP contribution in [0.25, 0.3) is 0 Å². The highest BCUT2D eigenvalue weighted by molar-refractivity contribution is 9.10. The summed E-state index contributed by atoms with van der Waals surface area (Å²) < 4.78 is 6.46. The van der Waals surface area contributed by atoms with E-state index in [9.17, 15) is 4.79 Å². The number of benzene rings is 1. The molecule has 1 saturated heterocycles. The Kier molecular flexibility index (Phi) is 5.29. The Hall–Kier alpha value is -0.780. The zero-order valence-electron chi connectivity index (χ0n) is 11.3. The third-order valence-electron chi connectivity index (χ3n) is 3.40. The molecular formula is C14H18BrClN2O2. The predicted molar refractivity (Wildman–Crippen MR) is 83.0 cm³/mol. The van der Waals surface area contributed by atoms with E-state index in [-0.39, 0.29) is 11.9 Å². The molecule has 0 aliphatic carbocycles. The highest BCUT2D eigenvalue weighted by Crippen LogP contribution is 2.29. The van der Waals surface area contributed by atoms with Gasteiger partial charge in [-0.15, -0.1) is 0 Å². The number of halogens is 2. The number of nitrogens with two attached hydrogens (primary N) is 1. The molecule has 1 fully saturated rings. The van der Waals surface area contributed by atoms with Crippen LogP contribution in [0.5, 0.6) is 5.75 Å². The molecule has 0 spiro atoms. The normalized spacial score (nSPS) is 17.9. The van der Waals surface area contributed by atoms with Crippen molar-refractivity contribution in [2.45, 2.75) is 31.9 Å². The molecule has 4 nitrogen and oxygen atoms in total. The molecule has 1 aromatic rings. The standard InChI is InChI=1S/C14H18BrClN2O2/c1-9(14(19)18-6-4-11(17)5-7-18)20-13-3-2-10(16)8-12(13)15/h2-3,8-9,11H,4-7,17H2,1H3/t9-/m0/s1. The Labute approximate surface area is 132 Å². The molecule has 1 amide bonds. The minimum atomic E-state index is -0.526. The lowest BCUT2D eigenvalue weighted by Crippen LogP contribution is -2.47. The van der Waals surface area contributed by atoms with Crippen LogP contribution in [0, 0.1) is 0 Å². The van der Waals surface area contributed by atoms with E-state index in [1.807, 2.05) is 4.90 Å². The third-order valence-corrected chi connectivity index (χ3v) is 4.25. The maximum Gasteiger partial charge on any atom is 0.263 e. The van der Waals surface area contributed by atoms with Gasteiger partial charge in [-0.05, 0) is 53.9 Å². The number of carbonyl (C=O) groups excluding carboxylic acids is 1. The fraction of sp³-hybridized carbons (Fsp3) is 0.500. The first-order chi connectivity index (χ1) is 9.47. The minimum absolute atomic E-state index is 0.00116. The summed E-state index contributed by atoms with van der Waals surface area (Å²) in [6, 6.07) is 5.44. The van der Waals surface area contributed by atoms with Crippen molar-refractivity contribution in [3.63, 3.8) is 0 Å². The Morgan fingerprint density at radius 1 is 1.50 bits per heavy atom. The van der Waals surface area contributed by atoms with Crippen LogP contribution in [0.3, 0.4) is 0 Å². The molecule has 2 rings (SSSR count). The number of ether oxygens (including phenoxy) is 1. The molecular weight excluding hydrogens is 344 g/mol. The zero-order valence-corrected chi connectivity index (χ0v) is 13.7. The Morgan fingerprint density at radius 3 is 2.75 bits per heavy atom. The number of amides is 1. The van der Waals surface area contributed by atoms with Gasteiger partial charge in [-0.3, -0.25) is 4.79 Å². The Bertz CT molecular complexity index is 490. The number of hydrogen-bond acceptors (Lipinski definition) is 3. The largest absolute Gasteiger partial charge is 0.480 e. The molecule has 1 atom stereocenters. The number of rotatable bonds is 3. The number of piperidine rings is 1. The van der Waals surface area contributed by atoms with E-state index in [0.29, 0.717) is 23.9 Å². The molecule has 1 heterocycles. The Balaban J connectivity index is 1.97. The van der Waals surface area contributed by atoms with Crippen LogP contribution >= 0.6 is 27.5 Å². The molecule has 0 aromatic heterocycles. The monoisotopic (exact) mass is 360 g/mol. The second-order valence-corrected chi connectivity index (χ2v) is 6.29. The van der Waals surface area contributed by atoms with E-state index in [4.69, 9.17) is 22.1 Å². The second kappa shape index (κ2) is 6.78. The highest BCUT2D eigenvalue weighted by Gasteiger charge is 2.26. The van der Waals surface area contributed by atoms with E-state index in [0.717, 1.165) is 17.3 Å². The van der Waals surface area contributed by atoms with Crippen molar-refractivity contribution < 1.29 is 9.53 Å². The highest BCUT2D eigenvalue weighted by atomic mass is 79.9. The van der Waals surface area contributed by atoms with Crippen molar-refractivity contribution in [1.29, 1.82) is 0 Å². The summed E-state index contributed by atoms with van der Waals surface area (Å²) in [5.41, 5.74) is 5.84. The van der Waals surface area contributed by atoms with Gasteiger partial charge in [0.25, 0.3) is 5.91 Å². The zero-order chi connectivity index (χ0) is 14.7. The van der Waals surface area contributed by atoms with Crippen molar-refractivity contribution in [2.24, 2.45) is 5.73 Å². The van der Waals surface area contributed by atoms with E-state index < -0.39 is 6.10 Å². The minimum Gasteiger partial charge on any atom is -0.480 e. The molecule has 6 heteroatoms. The summed E-state index contributed by atoms with van der Waals surface area (Å²) in [4.78, 5) is 14.1. The van der Waals surface area contributed by atoms with Crippen LogP contribution in [0.4, 0.5) is 0 Å². The lowest BCUT2D eigenvalue weighted by Gasteiger charge is -2.32. The van der Waals surface area contributed by atoms with Crippen LogP contribution in [-0.4, -0.2) is 36.0 Å². The van der Waals surface area contributed by atoms with Gasteiger partial charge >= 0.3 is 0 Å². The Morgan fingerprint density at radius 2 is 2.15 bits per heavy atom. The van der Waals surface area contributed by atoms with E-state index >= 15 is 0 Å². The van der Waals surface area contributed by atoms with Crippen LogP contribution in [0.2, 0.25) is 5.02 Å². The van der Waals surface area contributed by atoms with Crippen LogP contribution in [0.1, 0.15) is 19.8 Å². The second-order valence-electron chi connectivity index (χ2n) is 5.00. The SMILES string of the molecule is C[C@H](Oc1ccc(Cl)cc1Br)C(=O)N1CCC(N)CC1. The molecule has 110 valence electrons. The topological polar surface area (TPSA) is 55.6 Å². The van der Waals surface area contributed by atoms with Gasteiger partial charge in [-0.25, -0.2) is 0 Å². The molecule has 0 saturated carbocycles. The molecule has 1 aliphatic heterocycles. The molecule has 1 aromatic carbocycles. The molecule has 0 radical (unpaired) electrons. The van der Waals surface area contributed by atoms with Crippen molar-refractivity contribution in [3.05, 3.63) is 27.7 Å². The van der Waals surface area contributed by atoms with Gasteiger partial charge in [0.1, 0.15) is 5.75 Å². The molecule has 1 aliphatic rings. The van der Waals surface area contributed by atoms with Gasteiger partial charge in [0, 0.05) is 24.2 Å². The van der Waals surface area contributed by atoms with Crippen molar-refractivity contribution in [1.82, 2.24) is 4.90 Å². The first kappa shape index (κ1) is 15.6. The molecule has 2 N–H and O–H groups in total. The number of carbonyl (C=O) groups is 1. The lowest BCUT2D eigenvalue weighted by molar-refractivity contribution is -0.139. The molecule has 0 bridgehead atoms. The average Bonchev–Trinajstić information content (AvgIpc) is 2.42. The maximum absolute atomic E-state index is 12.3. The summed E-state index contributed by atoms with van der Waals surface area (Å²) in [7, 11) is 0. The van der Waals surface area contributed by atoms with Crippen molar-refractivity contribution in [2.75, 3.05) is 13.1 Å². The first-order valence-corrected chi connectivity index (χ1v) is 7.80. The van der Waals surface area contributed by atoms with Gasteiger partial charge < -0.3 is 15.4 Å². The predicted octanol–water partition coefficient (Wildman–Crippen LogP) is 2.82. The summed E-state index contributed by atoms with van der Waals surface area (Å²) in [6.07, 6.45) is 1.17. The maximum atomic E-state index is 12.3. The van der Waals surface area contributed by atoms with Gasteiger partial charge in [-0.1, -0.05) is 11.6 Å². The fourth-order valence-corrected chi connectivity index (χ4v) is 2.96. The summed E-state index contributed by atoms with van der Waals surface area (Å²) in [6.45, 7) is 3.17. The summed E-state index contributed by atoms with van der Waals surface area (Å²) in [5, 5.41) is 0.619. The van der Waals surface area contributed by atoms with E-state index in [1.54, 1.807) is 25.1 Å². The molecule has 0 unspecified atom stereocenters. The van der Waals surface area contributed by atoms with Gasteiger partial charge in [-0.2, -0.15) is 0 Å². The summed E-state index contributed by atoms with van der Waals surface area (Å²) in [5.74, 6) is 0.614. The van der Waals surface area contributed by atoms with Gasteiger partial charge in [0.2, 0.25) is 0 Å². The van der Waals surface area contributed by atoms with Gasteiger partial charge in [0.05, 0.1) is 4.47 Å². The third kappa shape index (κ3) is 3.87. The number of hydrogen-bond donors (Lipinski definition) is 1. The van der Waals surface area contributed by atoms with Gasteiger partial charge in [0.15, 0.2) is 6.10 Å². The quantitative estimate of drug-likeness (QED) is 0.900. The van der Waals surface area contributed by atoms with E-state index in [1.165, 1.54) is 0 Å². The van der Waals surface area contributed by atoms with Crippen molar-refractivity contribution >= 4 is 33.4 Å². The van der Waals surface area contributed by atoms with Crippen LogP contribution in [0.15, 0.2) is 22.7 Å². The van der Waals surface area contributed by atoms with Crippen molar-refractivity contribution in [3.8, 4) is 5.75 Å². The summed E-state index contributed by atoms with van der Waals surface area (Å²) >= 11 is 9.26. The van der Waals surface area contributed by atoms with Crippen LogP contribution < -0.4 is 10.5 Å². The number of nitrogens with zero attached hydrogens (tertiary/aromatic N) is 1. The smallest absolute Gasteiger partial charge is 0.263 e. The van der Waals surface area contributed by atoms with E-state index in [2.05, 4.69) is 15.9 Å². The average molecular weight is 362 g/mol. The first-order valence-electron chi connectivity index (χ1n) is 6.63. The van der Waals surface area contributed by atoms with Crippen LogP contribution in [-0.2, 0) is 4.79 Å². The lowest BCUT2D eigenvalue weighted by atomic mass is 10.1. The number of likely N-dealkylation sites (tertiary alicyclic amines) is 1.